The van der Waals surface area contributed by atoms with Crippen molar-refractivity contribution in [3.8, 4) is 5.69 Å². The monoisotopic (exact) mass is 328 g/mol. The Hall–Kier alpha value is -2.21. The molecule has 0 radical (unpaired) electrons. The number of aryl methyl sites for hydroxylation is 1. The first kappa shape index (κ1) is 15.7. The van der Waals surface area contributed by atoms with Crippen molar-refractivity contribution < 1.29 is 4.79 Å². The predicted octanol–water partition coefficient (Wildman–Crippen LogP) is 2.66. The van der Waals surface area contributed by atoms with Crippen LogP contribution < -0.4 is 5.32 Å². The highest BCUT2D eigenvalue weighted by Crippen LogP contribution is 2.29. The average molecular weight is 328 g/mol. The lowest BCUT2D eigenvalue weighted by atomic mass is 10.0. The van der Waals surface area contributed by atoms with Crippen molar-refractivity contribution in [3.05, 3.63) is 47.3 Å². The van der Waals surface area contributed by atoms with E-state index in [1.165, 1.54) is 0 Å². The molecule has 3 rings (SSSR count). The molecule has 1 saturated heterocycles. The number of rotatable bonds is 3. The second kappa shape index (κ2) is 5.77. The number of nitrogens with zero attached hydrogens (tertiary/aromatic N) is 3. The summed E-state index contributed by atoms with van der Waals surface area (Å²) in [6.45, 7) is 7.83. The molecular weight excluding hydrogens is 308 g/mol. The molecule has 1 N–H and O–H groups in total. The summed E-state index contributed by atoms with van der Waals surface area (Å²) in [5, 5.41) is 8.26. The molecule has 0 spiro atoms. The lowest BCUT2D eigenvalue weighted by Crippen LogP contribution is -2.36. The highest BCUT2D eigenvalue weighted by molar-refractivity contribution is 7.80. The minimum atomic E-state index is -0.456. The molecule has 0 saturated carbocycles. The first-order valence-corrected chi connectivity index (χ1v) is 8.07. The van der Waals surface area contributed by atoms with Gasteiger partial charge in [0.2, 0.25) is 0 Å². The maximum Gasteiger partial charge on any atom is 0.256 e. The average Bonchev–Trinajstić information content (AvgIpc) is 2.96. The third-order valence-electron chi connectivity index (χ3n) is 4.12. The van der Waals surface area contributed by atoms with Crippen LogP contribution in [0, 0.1) is 13.8 Å². The van der Waals surface area contributed by atoms with E-state index in [0.717, 1.165) is 22.6 Å². The highest BCUT2D eigenvalue weighted by Gasteiger charge is 2.40. The number of amides is 1. The third kappa shape index (κ3) is 2.53. The van der Waals surface area contributed by atoms with Crippen LogP contribution in [0.25, 0.3) is 5.69 Å². The quantitative estimate of drug-likeness (QED) is 0.880. The zero-order chi connectivity index (χ0) is 16.7. The van der Waals surface area contributed by atoms with E-state index in [1.807, 2.05) is 62.7 Å². The molecular formula is C17H20N4OS. The summed E-state index contributed by atoms with van der Waals surface area (Å²) in [7, 11) is 0. The van der Waals surface area contributed by atoms with E-state index in [0.29, 0.717) is 5.11 Å². The van der Waals surface area contributed by atoms with E-state index in [2.05, 4.69) is 10.4 Å². The van der Waals surface area contributed by atoms with Gasteiger partial charge in [0, 0.05) is 17.3 Å². The summed E-state index contributed by atoms with van der Waals surface area (Å²) in [6.07, 6.45) is 0. The zero-order valence-electron chi connectivity index (χ0n) is 13.7. The molecule has 0 unspecified atom stereocenters. The molecule has 1 aliphatic heterocycles. The van der Waals surface area contributed by atoms with Crippen molar-refractivity contribution in [2.75, 3.05) is 0 Å². The SMILES string of the molecule is Cc1nn(-c2ccccc2)c(C)c1[C@@H]1NC(=S)N(C(C)C)C1=O. The molecule has 1 atom stereocenters. The van der Waals surface area contributed by atoms with Crippen molar-refractivity contribution in [2.45, 2.75) is 39.8 Å². The Morgan fingerprint density at radius 3 is 2.43 bits per heavy atom. The van der Waals surface area contributed by atoms with Gasteiger partial charge < -0.3 is 5.32 Å². The molecule has 1 amide bonds. The van der Waals surface area contributed by atoms with Crippen molar-refractivity contribution in [2.24, 2.45) is 0 Å². The van der Waals surface area contributed by atoms with Gasteiger partial charge in [0.1, 0.15) is 6.04 Å². The van der Waals surface area contributed by atoms with Gasteiger partial charge in [0.05, 0.1) is 11.4 Å². The fourth-order valence-corrected chi connectivity index (χ4v) is 3.49. The Balaban J connectivity index is 2.04. The van der Waals surface area contributed by atoms with Crippen LogP contribution in [0.1, 0.15) is 36.8 Å². The van der Waals surface area contributed by atoms with E-state index in [1.54, 1.807) is 4.90 Å². The summed E-state index contributed by atoms with van der Waals surface area (Å²) >= 11 is 5.32. The van der Waals surface area contributed by atoms with Gasteiger partial charge in [-0.1, -0.05) is 18.2 Å². The number of para-hydroxylation sites is 1. The summed E-state index contributed by atoms with van der Waals surface area (Å²) in [6, 6.07) is 9.49. The summed E-state index contributed by atoms with van der Waals surface area (Å²) < 4.78 is 1.88. The fourth-order valence-electron chi connectivity index (χ4n) is 3.07. The number of benzene rings is 1. The van der Waals surface area contributed by atoms with E-state index in [9.17, 15) is 4.79 Å². The van der Waals surface area contributed by atoms with Gasteiger partial charge >= 0.3 is 0 Å². The number of aromatic nitrogens is 2. The molecule has 1 fully saturated rings. The maximum atomic E-state index is 12.7. The molecule has 5 nitrogen and oxygen atoms in total. The summed E-state index contributed by atoms with van der Waals surface area (Å²) in [5.74, 6) is -0.0104. The normalized spacial score (nSPS) is 18.0. The molecule has 1 aromatic heterocycles. The number of carbonyl (C=O) groups excluding carboxylic acids is 1. The van der Waals surface area contributed by atoms with E-state index >= 15 is 0 Å². The zero-order valence-corrected chi connectivity index (χ0v) is 14.5. The van der Waals surface area contributed by atoms with Gasteiger partial charge in [-0.2, -0.15) is 5.10 Å². The standard InChI is InChI=1S/C17H20N4OS/c1-10(2)20-16(22)15(18-17(20)23)14-11(3)19-21(12(14)4)13-8-6-5-7-9-13/h5-10,15H,1-4H3,(H,18,23)/t15-/m0/s1. The first-order chi connectivity index (χ1) is 10.9. The molecule has 2 aromatic rings. The Bertz CT molecular complexity index is 766. The van der Waals surface area contributed by atoms with Crippen molar-refractivity contribution in [1.82, 2.24) is 20.0 Å². The Labute approximate surface area is 141 Å². The van der Waals surface area contributed by atoms with Crippen LogP contribution in [0.3, 0.4) is 0 Å². The summed E-state index contributed by atoms with van der Waals surface area (Å²) in [5.41, 5.74) is 3.68. The van der Waals surface area contributed by atoms with E-state index in [4.69, 9.17) is 12.2 Å². The topological polar surface area (TPSA) is 50.2 Å². The molecule has 1 aromatic carbocycles. The second-order valence-corrected chi connectivity index (χ2v) is 6.40. The molecule has 2 heterocycles. The first-order valence-electron chi connectivity index (χ1n) is 7.67. The van der Waals surface area contributed by atoms with Crippen LogP contribution in [-0.4, -0.2) is 31.7 Å². The third-order valence-corrected chi connectivity index (χ3v) is 4.44. The van der Waals surface area contributed by atoms with Crippen molar-refractivity contribution in [3.63, 3.8) is 0 Å². The fraction of sp³-hybridized carbons (Fsp3) is 0.353. The number of thiocarbonyl (C=S) groups is 1. The van der Waals surface area contributed by atoms with Crippen molar-refractivity contribution in [1.29, 1.82) is 0 Å². The van der Waals surface area contributed by atoms with E-state index in [-0.39, 0.29) is 11.9 Å². The van der Waals surface area contributed by atoms with E-state index < -0.39 is 6.04 Å². The molecule has 6 heteroatoms. The second-order valence-electron chi connectivity index (χ2n) is 6.02. The number of carbonyl (C=O) groups is 1. The largest absolute Gasteiger partial charge is 0.347 e. The van der Waals surface area contributed by atoms with Gasteiger partial charge in [0.15, 0.2) is 5.11 Å². The van der Waals surface area contributed by atoms with Gasteiger partial charge in [-0.05, 0) is 52.0 Å². The predicted molar refractivity (Wildman–Crippen MR) is 93.5 cm³/mol. The molecule has 0 aliphatic carbocycles. The molecule has 1 aliphatic rings. The van der Waals surface area contributed by atoms with Crippen LogP contribution >= 0.6 is 12.2 Å². The number of hydrogen-bond donors (Lipinski definition) is 1. The number of nitrogens with one attached hydrogen (secondary N) is 1. The van der Waals surface area contributed by atoms with Gasteiger partial charge in [-0.15, -0.1) is 0 Å². The van der Waals surface area contributed by atoms with Gasteiger partial charge in [-0.3, -0.25) is 9.69 Å². The minimum absolute atomic E-state index is 0.0104. The summed E-state index contributed by atoms with van der Waals surface area (Å²) in [4.78, 5) is 14.4. The van der Waals surface area contributed by atoms with Gasteiger partial charge in [-0.25, -0.2) is 4.68 Å². The molecule has 0 bridgehead atoms. The van der Waals surface area contributed by atoms with Crippen molar-refractivity contribution >= 4 is 23.2 Å². The number of hydrogen-bond acceptors (Lipinski definition) is 3. The molecule has 120 valence electrons. The highest BCUT2D eigenvalue weighted by atomic mass is 32.1. The van der Waals surface area contributed by atoms with Crippen LogP contribution in [0.15, 0.2) is 30.3 Å². The van der Waals surface area contributed by atoms with Crippen LogP contribution in [-0.2, 0) is 4.79 Å². The smallest absolute Gasteiger partial charge is 0.256 e. The molecule has 23 heavy (non-hydrogen) atoms. The Morgan fingerprint density at radius 1 is 1.22 bits per heavy atom. The van der Waals surface area contributed by atoms with Crippen LogP contribution in [0.5, 0.6) is 0 Å². The Morgan fingerprint density at radius 2 is 1.87 bits per heavy atom. The lowest BCUT2D eigenvalue weighted by molar-refractivity contribution is -0.128. The minimum Gasteiger partial charge on any atom is -0.347 e. The van der Waals surface area contributed by atoms with Crippen LogP contribution in [0.4, 0.5) is 0 Å². The maximum absolute atomic E-state index is 12.7. The lowest BCUT2D eigenvalue weighted by Gasteiger charge is -2.19. The Kier molecular flexibility index (Phi) is 3.93. The van der Waals surface area contributed by atoms with Crippen LogP contribution in [0.2, 0.25) is 0 Å². The van der Waals surface area contributed by atoms with Gasteiger partial charge in [0.25, 0.3) is 5.91 Å².